The highest BCUT2D eigenvalue weighted by Gasteiger charge is 2.28. The maximum absolute atomic E-state index is 12.9. The van der Waals surface area contributed by atoms with E-state index in [2.05, 4.69) is 11.8 Å². The molecule has 112 valence electrons. The average Bonchev–Trinajstić information content (AvgIpc) is 2.98. The zero-order valence-corrected chi connectivity index (χ0v) is 12.1. The topological polar surface area (TPSA) is 29.3 Å². The summed E-state index contributed by atoms with van der Waals surface area (Å²) in [6, 6.07) is 7.31. The lowest BCUT2D eigenvalue weighted by Crippen LogP contribution is -2.40. The van der Waals surface area contributed by atoms with Gasteiger partial charge in [-0.15, -0.1) is 0 Å². The number of alkyl halides is 2. The summed E-state index contributed by atoms with van der Waals surface area (Å²) in [5.41, 5.74) is 6.95. The van der Waals surface area contributed by atoms with Gasteiger partial charge in [-0.05, 0) is 31.0 Å². The molecule has 1 saturated carbocycles. The molecule has 0 heterocycles. The summed E-state index contributed by atoms with van der Waals surface area (Å²) >= 11 is 0. The standard InChI is InChI=1S/C16H24F2N2/c1-2-20(14-8-3-4-9-14)15(11-19)12-6-5-7-13(10-12)16(17)18/h5-7,10,14-16H,2-4,8-9,11,19H2,1H3. The van der Waals surface area contributed by atoms with Crippen LogP contribution in [0.15, 0.2) is 24.3 Å². The fraction of sp³-hybridized carbons (Fsp3) is 0.625. The number of nitrogens with zero attached hydrogens (tertiary/aromatic N) is 1. The van der Waals surface area contributed by atoms with Crippen molar-refractivity contribution >= 4 is 0 Å². The number of rotatable bonds is 6. The third kappa shape index (κ3) is 3.36. The Labute approximate surface area is 120 Å². The van der Waals surface area contributed by atoms with Gasteiger partial charge in [0.05, 0.1) is 0 Å². The first-order valence-corrected chi connectivity index (χ1v) is 7.51. The van der Waals surface area contributed by atoms with Gasteiger partial charge in [-0.1, -0.05) is 38.0 Å². The third-order valence-corrected chi connectivity index (χ3v) is 4.33. The molecule has 2 N–H and O–H groups in total. The van der Waals surface area contributed by atoms with Crippen molar-refractivity contribution in [2.24, 2.45) is 5.73 Å². The highest BCUT2D eigenvalue weighted by Crippen LogP contribution is 2.31. The smallest absolute Gasteiger partial charge is 0.263 e. The molecule has 20 heavy (non-hydrogen) atoms. The summed E-state index contributed by atoms with van der Waals surface area (Å²) in [5, 5.41) is 0. The van der Waals surface area contributed by atoms with E-state index in [4.69, 9.17) is 5.73 Å². The monoisotopic (exact) mass is 282 g/mol. The van der Waals surface area contributed by atoms with Crippen LogP contribution in [-0.2, 0) is 0 Å². The molecule has 1 aromatic rings. The first-order chi connectivity index (χ1) is 9.67. The van der Waals surface area contributed by atoms with Gasteiger partial charge in [-0.25, -0.2) is 8.78 Å². The second kappa shape index (κ2) is 7.14. The Morgan fingerprint density at radius 2 is 1.90 bits per heavy atom. The third-order valence-electron chi connectivity index (χ3n) is 4.33. The Morgan fingerprint density at radius 3 is 2.45 bits per heavy atom. The van der Waals surface area contributed by atoms with E-state index in [-0.39, 0.29) is 11.6 Å². The van der Waals surface area contributed by atoms with Crippen LogP contribution in [-0.4, -0.2) is 24.0 Å². The van der Waals surface area contributed by atoms with Gasteiger partial charge in [0.25, 0.3) is 6.43 Å². The van der Waals surface area contributed by atoms with E-state index >= 15 is 0 Å². The van der Waals surface area contributed by atoms with Crippen LogP contribution in [0.25, 0.3) is 0 Å². The first-order valence-electron chi connectivity index (χ1n) is 7.51. The minimum absolute atomic E-state index is 0.0433. The van der Waals surface area contributed by atoms with Crippen molar-refractivity contribution in [2.75, 3.05) is 13.1 Å². The van der Waals surface area contributed by atoms with E-state index in [9.17, 15) is 8.78 Å². The molecule has 0 aliphatic heterocycles. The van der Waals surface area contributed by atoms with Crippen LogP contribution >= 0.6 is 0 Å². The number of hydrogen-bond acceptors (Lipinski definition) is 2. The lowest BCUT2D eigenvalue weighted by molar-refractivity contribution is 0.143. The summed E-state index contributed by atoms with van der Waals surface area (Å²) in [5.74, 6) is 0. The Morgan fingerprint density at radius 1 is 1.25 bits per heavy atom. The van der Waals surface area contributed by atoms with Crippen LogP contribution in [0.4, 0.5) is 8.78 Å². The van der Waals surface area contributed by atoms with E-state index in [0.717, 1.165) is 12.1 Å². The van der Waals surface area contributed by atoms with Crippen LogP contribution in [0, 0.1) is 0 Å². The molecule has 0 radical (unpaired) electrons. The van der Waals surface area contributed by atoms with Crippen LogP contribution in [0.5, 0.6) is 0 Å². The molecule has 4 heteroatoms. The minimum atomic E-state index is -2.42. The van der Waals surface area contributed by atoms with Gasteiger partial charge in [-0.2, -0.15) is 0 Å². The van der Waals surface area contributed by atoms with Gasteiger partial charge in [0.15, 0.2) is 0 Å². The predicted molar refractivity (Wildman–Crippen MR) is 77.8 cm³/mol. The molecular weight excluding hydrogens is 258 g/mol. The number of hydrogen-bond donors (Lipinski definition) is 1. The molecule has 0 bridgehead atoms. The summed E-state index contributed by atoms with van der Waals surface area (Å²) < 4.78 is 25.7. The lowest BCUT2D eigenvalue weighted by atomic mass is 10.0. The van der Waals surface area contributed by atoms with Crippen LogP contribution in [0.3, 0.4) is 0 Å². The lowest BCUT2D eigenvalue weighted by Gasteiger charge is -2.35. The molecule has 1 aliphatic carbocycles. The minimum Gasteiger partial charge on any atom is -0.329 e. The number of nitrogens with two attached hydrogens (primary N) is 1. The van der Waals surface area contributed by atoms with Crippen LogP contribution in [0.1, 0.15) is 56.2 Å². The molecule has 0 saturated heterocycles. The first kappa shape index (κ1) is 15.4. The van der Waals surface area contributed by atoms with E-state index < -0.39 is 6.43 Å². The second-order valence-electron chi connectivity index (χ2n) is 5.49. The van der Waals surface area contributed by atoms with Crippen molar-refractivity contribution in [2.45, 2.75) is 51.1 Å². The molecule has 0 aromatic heterocycles. The molecule has 1 aromatic carbocycles. The van der Waals surface area contributed by atoms with Crippen molar-refractivity contribution < 1.29 is 8.78 Å². The highest BCUT2D eigenvalue weighted by molar-refractivity contribution is 5.27. The largest absolute Gasteiger partial charge is 0.329 e. The zero-order valence-electron chi connectivity index (χ0n) is 12.1. The van der Waals surface area contributed by atoms with Gasteiger partial charge in [0.1, 0.15) is 0 Å². The van der Waals surface area contributed by atoms with E-state index in [0.29, 0.717) is 12.6 Å². The van der Waals surface area contributed by atoms with Crippen LogP contribution < -0.4 is 5.73 Å². The molecule has 2 rings (SSSR count). The second-order valence-corrected chi connectivity index (χ2v) is 5.49. The number of likely N-dealkylation sites (N-methyl/N-ethyl adjacent to an activating group) is 1. The maximum atomic E-state index is 12.9. The normalized spacial score (nSPS) is 18.1. The molecule has 1 aliphatic rings. The van der Waals surface area contributed by atoms with E-state index in [1.54, 1.807) is 12.1 Å². The highest BCUT2D eigenvalue weighted by atomic mass is 19.3. The van der Waals surface area contributed by atoms with Gasteiger partial charge < -0.3 is 5.73 Å². The van der Waals surface area contributed by atoms with E-state index in [1.807, 2.05) is 6.07 Å². The van der Waals surface area contributed by atoms with Gasteiger partial charge in [-0.3, -0.25) is 4.90 Å². The molecule has 1 fully saturated rings. The molecule has 0 spiro atoms. The fourth-order valence-corrected chi connectivity index (χ4v) is 3.33. The van der Waals surface area contributed by atoms with Crippen molar-refractivity contribution in [3.63, 3.8) is 0 Å². The average molecular weight is 282 g/mol. The van der Waals surface area contributed by atoms with Crippen molar-refractivity contribution in [3.8, 4) is 0 Å². The van der Waals surface area contributed by atoms with Gasteiger partial charge in [0.2, 0.25) is 0 Å². The summed E-state index contributed by atoms with van der Waals surface area (Å²) in [6.07, 6.45) is 2.48. The van der Waals surface area contributed by atoms with Gasteiger partial charge >= 0.3 is 0 Å². The summed E-state index contributed by atoms with van der Waals surface area (Å²) in [4.78, 5) is 2.39. The Balaban J connectivity index is 2.23. The number of halogens is 2. The quantitative estimate of drug-likeness (QED) is 0.857. The van der Waals surface area contributed by atoms with Crippen LogP contribution in [0.2, 0.25) is 0 Å². The number of benzene rings is 1. The SMILES string of the molecule is CCN(C1CCCC1)C(CN)c1cccc(C(F)F)c1. The van der Waals surface area contributed by atoms with Crippen molar-refractivity contribution in [1.29, 1.82) is 0 Å². The maximum Gasteiger partial charge on any atom is 0.263 e. The fourth-order valence-electron chi connectivity index (χ4n) is 3.33. The Kier molecular flexibility index (Phi) is 5.49. The van der Waals surface area contributed by atoms with Crippen molar-refractivity contribution in [1.82, 2.24) is 4.90 Å². The molecule has 0 amide bonds. The van der Waals surface area contributed by atoms with Crippen molar-refractivity contribution in [3.05, 3.63) is 35.4 Å². The summed E-state index contributed by atoms with van der Waals surface area (Å²) in [6.45, 7) is 3.50. The molecule has 2 nitrogen and oxygen atoms in total. The molecular formula is C16H24F2N2. The molecule has 1 atom stereocenters. The Hall–Kier alpha value is -1.00. The van der Waals surface area contributed by atoms with E-state index in [1.165, 1.54) is 31.7 Å². The summed E-state index contributed by atoms with van der Waals surface area (Å²) in [7, 11) is 0. The molecule has 1 unspecified atom stereocenters. The predicted octanol–water partition coefficient (Wildman–Crippen LogP) is 3.89. The zero-order chi connectivity index (χ0) is 14.5. The van der Waals surface area contributed by atoms with Gasteiger partial charge in [0, 0.05) is 24.2 Å². The Bertz CT molecular complexity index is 417.